The summed E-state index contributed by atoms with van der Waals surface area (Å²) >= 11 is 0. The molecule has 0 spiro atoms. The van der Waals surface area contributed by atoms with Crippen LogP contribution in [0.3, 0.4) is 0 Å². The third kappa shape index (κ3) is 3.42. The highest BCUT2D eigenvalue weighted by Crippen LogP contribution is 2.23. The van der Waals surface area contributed by atoms with Crippen LogP contribution < -0.4 is 5.32 Å². The molecule has 1 saturated heterocycles. The number of carbonyl (C=O) groups excluding carboxylic acids is 1. The summed E-state index contributed by atoms with van der Waals surface area (Å²) in [4.78, 5) is 28.0. The van der Waals surface area contributed by atoms with E-state index >= 15 is 0 Å². The van der Waals surface area contributed by atoms with Crippen molar-refractivity contribution >= 4 is 22.5 Å². The van der Waals surface area contributed by atoms with Crippen molar-refractivity contribution < 1.29 is 4.79 Å². The van der Waals surface area contributed by atoms with Crippen molar-refractivity contribution in [2.75, 3.05) is 18.4 Å². The van der Waals surface area contributed by atoms with Gasteiger partial charge in [-0.25, -0.2) is 9.97 Å². The maximum absolute atomic E-state index is 12.6. The quantitative estimate of drug-likeness (QED) is 0.770. The SMILES string of the molecule is Cc1ncc(-c2cc3cc(NC(=O)C(C)N4CCCC4)ncc3cn2)n1C. The maximum Gasteiger partial charge on any atom is 0.242 e. The maximum atomic E-state index is 12.6. The average Bonchev–Trinajstić information content (AvgIpc) is 3.31. The number of rotatable bonds is 4. The number of pyridine rings is 2. The molecule has 0 bridgehead atoms. The highest BCUT2D eigenvalue weighted by molar-refractivity contribution is 5.96. The molecule has 1 aliphatic rings. The Kier molecular flexibility index (Phi) is 4.61. The van der Waals surface area contributed by atoms with Crippen LogP contribution in [0, 0.1) is 6.92 Å². The van der Waals surface area contributed by atoms with Gasteiger partial charge in [0.1, 0.15) is 11.6 Å². The number of likely N-dealkylation sites (tertiary alicyclic amines) is 1. The molecule has 1 amide bonds. The van der Waals surface area contributed by atoms with Gasteiger partial charge in [-0.15, -0.1) is 0 Å². The highest BCUT2D eigenvalue weighted by atomic mass is 16.2. The molecule has 3 aromatic heterocycles. The van der Waals surface area contributed by atoms with Crippen LogP contribution in [0.15, 0.2) is 30.7 Å². The zero-order valence-corrected chi connectivity index (χ0v) is 15.9. The molecule has 1 atom stereocenters. The number of nitrogens with one attached hydrogen (secondary N) is 1. The first-order chi connectivity index (χ1) is 13.0. The first-order valence-electron chi connectivity index (χ1n) is 9.32. The fourth-order valence-corrected chi connectivity index (χ4v) is 3.51. The van der Waals surface area contributed by atoms with E-state index in [0.29, 0.717) is 5.82 Å². The van der Waals surface area contributed by atoms with Gasteiger partial charge >= 0.3 is 0 Å². The monoisotopic (exact) mass is 364 g/mol. The van der Waals surface area contributed by atoms with Crippen LogP contribution in [0.4, 0.5) is 5.82 Å². The lowest BCUT2D eigenvalue weighted by atomic mass is 10.1. The molecule has 4 heterocycles. The second-order valence-electron chi connectivity index (χ2n) is 7.14. The number of imidazole rings is 1. The molecule has 7 heteroatoms. The second-order valence-corrected chi connectivity index (χ2v) is 7.14. The number of aryl methyl sites for hydroxylation is 1. The van der Waals surface area contributed by atoms with Crippen molar-refractivity contribution in [3.05, 3.63) is 36.5 Å². The van der Waals surface area contributed by atoms with Crippen LogP contribution >= 0.6 is 0 Å². The summed E-state index contributed by atoms with van der Waals surface area (Å²) < 4.78 is 2.01. The topological polar surface area (TPSA) is 75.9 Å². The van der Waals surface area contributed by atoms with Crippen LogP contribution in [0.1, 0.15) is 25.6 Å². The number of nitrogens with zero attached hydrogens (tertiary/aromatic N) is 5. The van der Waals surface area contributed by atoms with Crippen LogP contribution in [0.25, 0.3) is 22.2 Å². The Morgan fingerprint density at radius 2 is 1.81 bits per heavy atom. The third-order valence-corrected chi connectivity index (χ3v) is 5.41. The second kappa shape index (κ2) is 7.08. The van der Waals surface area contributed by atoms with E-state index in [4.69, 9.17) is 0 Å². The van der Waals surface area contributed by atoms with E-state index in [1.165, 1.54) is 0 Å². The van der Waals surface area contributed by atoms with Gasteiger partial charge in [0.15, 0.2) is 0 Å². The Balaban J connectivity index is 1.59. The van der Waals surface area contributed by atoms with Crippen molar-refractivity contribution in [2.24, 2.45) is 7.05 Å². The van der Waals surface area contributed by atoms with E-state index < -0.39 is 0 Å². The smallest absolute Gasteiger partial charge is 0.242 e. The third-order valence-electron chi connectivity index (χ3n) is 5.41. The number of fused-ring (bicyclic) bond motifs is 1. The van der Waals surface area contributed by atoms with Crippen LogP contribution in [-0.4, -0.2) is 49.5 Å². The minimum atomic E-state index is -0.143. The highest BCUT2D eigenvalue weighted by Gasteiger charge is 2.24. The molecule has 1 aliphatic heterocycles. The molecule has 4 rings (SSSR count). The number of hydrogen-bond acceptors (Lipinski definition) is 5. The molecule has 1 fully saturated rings. The molecule has 140 valence electrons. The Morgan fingerprint density at radius 3 is 2.52 bits per heavy atom. The molecule has 0 aliphatic carbocycles. The van der Waals surface area contributed by atoms with E-state index in [1.54, 1.807) is 12.4 Å². The summed E-state index contributed by atoms with van der Waals surface area (Å²) in [5.74, 6) is 1.49. The molecule has 0 saturated carbocycles. The largest absolute Gasteiger partial charge is 0.330 e. The molecule has 3 aromatic rings. The van der Waals surface area contributed by atoms with E-state index in [1.807, 2.05) is 43.8 Å². The van der Waals surface area contributed by atoms with E-state index in [2.05, 4.69) is 25.2 Å². The molecule has 1 N–H and O–H groups in total. The van der Waals surface area contributed by atoms with Gasteiger partial charge < -0.3 is 9.88 Å². The standard InChI is InChI=1S/C20H24N6O/c1-13(26-6-4-5-7-26)20(27)24-19-9-15-8-17(22-10-16(15)11-23-19)18-12-21-14(2)25(18)3/h8-13H,4-7H2,1-3H3,(H,23,24,27). The normalized spacial score (nSPS) is 16.0. The summed E-state index contributed by atoms with van der Waals surface area (Å²) in [6.07, 6.45) is 7.70. The summed E-state index contributed by atoms with van der Waals surface area (Å²) in [5.41, 5.74) is 1.80. The molecule has 1 unspecified atom stereocenters. The van der Waals surface area contributed by atoms with Crippen LogP contribution in [-0.2, 0) is 11.8 Å². The van der Waals surface area contributed by atoms with Gasteiger partial charge in [0, 0.05) is 24.8 Å². The lowest BCUT2D eigenvalue weighted by molar-refractivity contribution is -0.120. The van der Waals surface area contributed by atoms with Crippen molar-refractivity contribution in [1.29, 1.82) is 0 Å². The predicted octanol–water partition coefficient (Wildman–Crippen LogP) is 2.76. The molecule has 0 aromatic carbocycles. The molecule has 0 radical (unpaired) electrons. The number of aromatic nitrogens is 4. The summed E-state index contributed by atoms with van der Waals surface area (Å²) in [7, 11) is 1.97. The van der Waals surface area contributed by atoms with Crippen LogP contribution in [0.5, 0.6) is 0 Å². The first-order valence-corrected chi connectivity index (χ1v) is 9.32. The lowest BCUT2D eigenvalue weighted by Gasteiger charge is -2.22. The minimum Gasteiger partial charge on any atom is -0.330 e. The van der Waals surface area contributed by atoms with E-state index in [-0.39, 0.29) is 11.9 Å². The lowest BCUT2D eigenvalue weighted by Crippen LogP contribution is -2.40. The fraction of sp³-hybridized carbons (Fsp3) is 0.400. The van der Waals surface area contributed by atoms with Crippen molar-refractivity contribution in [3.63, 3.8) is 0 Å². The van der Waals surface area contributed by atoms with Gasteiger partial charge in [0.25, 0.3) is 0 Å². The Labute approximate surface area is 158 Å². The Morgan fingerprint density at radius 1 is 1.07 bits per heavy atom. The minimum absolute atomic E-state index is 0.0136. The molecular formula is C20H24N6O. The zero-order valence-electron chi connectivity index (χ0n) is 15.9. The van der Waals surface area contributed by atoms with Gasteiger partial charge in [-0.05, 0) is 57.3 Å². The predicted molar refractivity (Wildman–Crippen MR) is 105 cm³/mol. The average molecular weight is 364 g/mol. The Bertz CT molecular complexity index is 989. The molecule has 27 heavy (non-hydrogen) atoms. The van der Waals surface area contributed by atoms with Crippen molar-refractivity contribution in [2.45, 2.75) is 32.7 Å². The summed E-state index contributed by atoms with van der Waals surface area (Å²) in [5, 5.41) is 4.87. The van der Waals surface area contributed by atoms with Crippen molar-refractivity contribution in [3.8, 4) is 11.4 Å². The van der Waals surface area contributed by atoms with E-state index in [0.717, 1.165) is 53.9 Å². The van der Waals surface area contributed by atoms with Gasteiger partial charge in [0.2, 0.25) is 5.91 Å². The summed E-state index contributed by atoms with van der Waals surface area (Å²) in [6.45, 7) is 5.88. The van der Waals surface area contributed by atoms with Gasteiger partial charge in [-0.2, -0.15) is 0 Å². The first kappa shape index (κ1) is 17.6. The number of amides is 1. The fourth-order valence-electron chi connectivity index (χ4n) is 3.51. The summed E-state index contributed by atoms with van der Waals surface area (Å²) in [6, 6.07) is 3.76. The van der Waals surface area contributed by atoms with E-state index in [9.17, 15) is 4.79 Å². The zero-order chi connectivity index (χ0) is 19.0. The van der Waals surface area contributed by atoms with Gasteiger partial charge in [0.05, 0.1) is 23.6 Å². The van der Waals surface area contributed by atoms with Crippen LogP contribution in [0.2, 0.25) is 0 Å². The number of carbonyl (C=O) groups is 1. The Hall–Kier alpha value is -2.80. The van der Waals surface area contributed by atoms with Gasteiger partial charge in [-0.3, -0.25) is 14.7 Å². The molecule has 7 nitrogen and oxygen atoms in total. The molecular weight excluding hydrogens is 340 g/mol. The van der Waals surface area contributed by atoms with Gasteiger partial charge in [-0.1, -0.05) is 0 Å². The number of anilines is 1. The van der Waals surface area contributed by atoms with Crippen molar-refractivity contribution in [1.82, 2.24) is 24.4 Å². The number of hydrogen-bond donors (Lipinski definition) is 1.